The molecule has 0 aromatic heterocycles. The summed E-state index contributed by atoms with van der Waals surface area (Å²) in [5.41, 5.74) is 3.54. The molecule has 0 bridgehead atoms. The summed E-state index contributed by atoms with van der Waals surface area (Å²) in [7, 11) is 1.29. The topological polar surface area (TPSA) is 75.7 Å². The van der Waals surface area contributed by atoms with Crippen LogP contribution in [0.3, 0.4) is 0 Å². The first-order chi connectivity index (χ1) is 12.5. The van der Waals surface area contributed by atoms with E-state index in [4.69, 9.17) is 4.74 Å². The number of esters is 1. The smallest absolute Gasteiger partial charge is 0.333 e. The fourth-order valence-corrected chi connectivity index (χ4v) is 2.90. The van der Waals surface area contributed by atoms with Crippen molar-refractivity contribution in [2.75, 3.05) is 13.7 Å². The van der Waals surface area contributed by atoms with Crippen molar-refractivity contribution in [3.63, 3.8) is 0 Å². The van der Waals surface area contributed by atoms with Crippen LogP contribution in [0.4, 0.5) is 0 Å². The second kappa shape index (κ2) is 7.39. The van der Waals surface area contributed by atoms with Crippen LogP contribution in [-0.2, 0) is 19.1 Å². The highest BCUT2D eigenvalue weighted by Gasteiger charge is 2.44. The third-order valence-corrected chi connectivity index (χ3v) is 4.30. The maximum atomic E-state index is 12.0. The van der Waals surface area contributed by atoms with Gasteiger partial charge in [-0.15, -0.1) is 0 Å². The molecular formula is C20H20N2O4. The number of methoxy groups -OCH3 is 1. The van der Waals surface area contributed by atoms with Gasteiger partial charge in [-0.3, -0.25) is 9.59 Å². The van der Waals surface area contributed by atoms with Crippen molar-refractivity contribution in [3.05, 3.63) is 60.2 Å². The van der Waals surface area contributed by atoms with Gasteiger partial charge in [-0.1, -0.05) is 48.5 Å². The fourth-order valence-electron chi connectivity index (χ4n) is 2.90. The third-order valence-electron chi connectivity index (χ3n) is 4.30. The first-order valence-electron chi connectivity index (χ1n) is 8.32. The molecule has 26 heavy (non-hydrogen) atoms. The molecule has 1 fully saturated rings. The number of hydrogen-bond donors (Lipinski definition) is 1. The van der Waals surface area contributed by atoms with Crippen LogP contribution in [0.25, 0.3) is 11.1 Å². The molecule has 1 saturated heterocycles. The Hall–Kier alpha value is -3.15. The van der Waals surface area contributed by atoms with Crippen molar-refractivity contribution >= 4 is 17.8 Å². The molecule has 1 aromatic carbocycles. The van der Waals surface area contributed by atoms with E-state index < -0.39 is 18.1 Å². The van der Waals surface area contributed by atoms with Crippen molar-refractivity contribution in [1.82, 2.24) is 10.2 Å². The lowest BCUT2D eigenvalue weighted by molar-refractivity contribution is -0.162. The summed E-state index contributed by atoms with van der Waals surface area (Å²) in [5.74, 6) is -1.04. The summed E-state index contributed by atoms with van der Waals surface area (Å²) in [4.78, 5) is 36.3. The number of rotatable bonds is 4. The number of benzene rings is 2. The maximum Gasteiger partial charge on any atom is 0.333 e. The zero-order valence-electron chi connectivity index (χ0n) is 14.6. The van der Waals surface area contributed by atoms with Crippen LogP contribution in [-0.4, -0.2) is 42.4 Å². The van der Waals surface area contributed by atoms with E-state index in [1.807, 2.05) is 6.07 Å². The van der Waals surface area contributed by atoms with E-state index in [1.54, 1.807) is 24.3 Å². The summed E-state index contributed by atoms with van der Waals surface area (Å²) in [6, 6.07) is 16.1. The molecule has 1 aliphatic heterocycles. The standard InChI is InChI=1S/C14H16N2O4.C6H4/c1-9(17)15-11-8-16(13(11)18)12(14(19)20-2)10-6-4-3-5-7-10;1-2-5-4-6(5)3-1/h3-7,11-12H,8H2,1-2H3,(H,15,17);1-4H. The Morgan fingerprint density at radius 1 is 1.12 bits per heavy atom. The summed E-state index contributed by atoms with van der Waals surface area (Å²) in [6.07, 6.45) is 0. The minimum absolute atomic E-state index is 0.266. The normalized spacial score (nSPS) is 17.2. The average Bonchev–Trinajstić information content (AvgIpc) is 3.26. The molecule has 2 amide bonds. The van der Waals surface area contributed by atoms with Gasteiger partial charge in [0, 0.05) is 6.92 Å². The van der Waals surface area contributed by atoms with Crippen LogP contribution < -0.4 is 5.32 Å². The molecule has 0 radical (unpaired) electrons. The van der Waals surface area contributed by atoms with Crippen molar-refractivity contribution < 1.29 is 19.1 Å². The van der Waals surface area contributed by atoms with Crippen LogP contribution >= 0.6 is 0 Å². The molecule has 2 aliphatic carbocycles. The molecule has 1 N–H and O–H groups in total. The lowest BCUT2D eigenvalue weighted by atomic mass is 9.98. The number of amides is 2. The number of likely N-dealkylation sites (tertiary alicyclic amines) is 1. The van der Waals surface area contributed by atoms with Crippen LogP contribution in [0.15, 0.2) is 54.6 Å². The number of hydrogen-bond acceptors (Lipinski definition) is 4. The minimum atomic E-state index is -0.765. The zero-order chi connectivity index (χ0) is 18.7. The molecule has 1 aromatic rings. The maximum absolute atomic E-state index is 12.0. The monoisotopic (exact) mass is 352 g/mol. The third kappa shape index (κ3) is 3.74. The lowest BCUT2D eigenvalue weighted by Gasteiger charge is -2.42. The number of β-lactam (4-membered cyclic amide) rings is 1. The quantitative estimate of drug-likeness (QED) is 0.575. The van der Waals surface area contributed by atoms with Crippen molar-refractivity contribution in [1.29, 1.82) is 0 Å². The Bertz CT molecular complexity index is 817. The summed E-state index contributed by atoms with van der Waals surface area (Å²) in [6.45, 7) is 1.65. The molecular weight excluding hydrogens is 332 g/mol. The SMILES string of the molecule is COC(=O)C(c1ccccc1)N1CC(NC(C)=O)C1=O.c1cc2cc-2c1. The Kier molecular flexibility index (Phi) is 5.02. The summed E-state index contributed by atoms with van der Waals surface area (Å²) < 4.78 is 4.77. The number of carbonyl (C=O) groups excluding carboxylic acids is 3. The lowest BCUT2D eigenvalue weighted by Crippen LogP contribution is -2.65. The van der Waals surface area contributed by atoms with Crippen LogP contribution in [0.2, 0.25) is 0 Å². The Labute approximate surface area is 151 Å². The number of nitrogens with zero attached hydrogens (tertiary/aromatic N) is 1. The Morgan fingerprint density at radius 2 is 1.77 bits per heavy atom. The molecule has 2 unspecified atom stereocenters. The minimum Gasteiger partial charge on any atom is -0.467 e. The molecule has 134 valence electrons. The highest BCUT2D eigenvalue weighted by molar-refractivity contribution is 5.95. The molecule has 0 saturated carbocycles. The fraction of sp³-hybridized carbons (Fsp3) is 0.250. The number of carbonyl (C=O) groups is 3. The van der Waals surface area contributed by atoms with Gasteiger partial charge in [0.1, 0.15) is 6.04 Å². The molecule has 0 spiro atoms. The van der Waals surface area contributed by atoms with Gasteiger partial charge in [-0.05, 0) is 22.8 Å². The number of ether oxygens (including phenoxy) is 1. The molecule has 1 heterocycles. The second-order valence-electron chi connectivity index (χ2n) is 6.16. The van der Waals surface area contributed by atoms with Gasteiger partial charge in [-0.2, -0.15) is 0 Å². The van der Waals surface area contributed by atoms with Crippen molar-refractivity contribution in [3.8, 4) is 11.1 Å². The largest absolute Gasteiger partial charge is 0.467 e. The number of fused-ring (bicyclic) bond motifs is 1. The first-order valence-corrected chi connectivity index (χ1v) is 8.32. The van der Waals surface area contributed by atoms with Gasteiger partial charge >= 0.3 is 5.97 Å². The zero-order valence-corrected chi connectivity index (χ0v) is 14.6. The number of nitrogens with one attached hydrogen (secondary N) is 1. The predicted octanol–water partition coefficient (Wildman–Crippen LogP) is 1.91. The van der Waals surface area contributed by atoms with Crippen molar-refractivity contribution in [2.45, 2.75) is 19.0 Å². The van der Waals surface area contributed by atoms with Crippen LogP contribution in [0, 0.1) is 0 Å². The van der Waals surface area contributed by atoms with Gasteiger partial charge in [0.25, 0.3) is 0 Å². The van der Waals surface area contributed by atoms with Crippen LogP contribution in [0.5, 0.6) is 0 Å². The van der Waals surface area contributed by atoms with Gasteiger partial charge < -0.3 is 15.0 Å². The summed E-state index contributed by atoms with van der Waals surface area (Å²) in [5, 5.41) is 2.54. The Morgan fingerprint density at radius 3 is 2.19 bits per heavy atom. The van der Waals surface area contributed by atoms with E-state index in [1.165, 1.54) is 30.1 Å². The highest BCUT2D eigenvalue weighted by Crippen LogP contribution is 2.32. The second-order valence-corrected chi connectivity index (χ2v) is 6.16. The van der Waals surface area contributed by atoms with E-state index in [2.05, 4.69) is 29.6 Å². The van der Waals surface area contributed by atoms with Gasteiger partial charge in [0.15, 0.2) is 6.04 Å². The van der Waals surface area contributed by atoms with Gasteiger partial charge in [0.2, 0.25) is 11.8 Å². The van der Waals surface area contributed by atoms with Crippen LogP contribution in [0.1, 0.15) is 18.5 Å². The predicted molar refractivity (Wildman–Crippen MR) is 96.0 cm³/mol. The summed E-state index contributed by atoms with van der Waals surface area (Å²) >= 11 is 0. The van der Waals surface area contributed by atoms with E-state index in [-0.39, 0.29) is 11.8 Å². The van der Waals surface area contributed by atoms with Crippen molar-refractivity contribution in [2.24, 2.45) is 0 Å². The molecule has 6 nitrogen and oxygen atoms in total. The molecule has 4 rings (SSSR count). The van der Waals surface area contributed by atoms with E-state index in [9.17, 15) is 14.4 Å². The van der Waals surface area contributed by atoms with E-state index in [0.29, 0.717) is 12.1 Å². The van der Waals surface area contributed by atoms with Gasteiger partial charge in [0.05, 0.1) is 13.7 Å². The van der Waals surface area contributed by atoms with E-state index in [0.717, 1.165) is 0 Å². The molecule has 2 atom stereocenters. The first kappa shape index (κ1) is 17.7. The molecule has 6 heteroatoms. The molecule has 3 aliphatic rings. The van der Waals surface area contributed by atoms with E-state index >= 15 is 0 Å². The Balaban J connectivity index is 0.000000269. The highest BCUT2D eigenvalue weighted by atomic mass is 16.5. The average molecular weight is 352 g/mol. The van der Waals surface area contributed by atoms with Gasteiger partial charge in [-0.25, -0.2) is 4.79 Å².